The van der Waals surface area contributed by atoms with Gasteiger partial charge in [-0.3, -0.25) is 9.59 Å². The molecule has 6 nitrogen and oxygen atoms in total. The largest absolute Gasteiger partial charge is 0.481 e. The first-order chi connectivity index (χ1) is 11.9. The molecule has 1 aromatic carbocycles. The summed E-state index contributed by atoms with van der Waals surface area (Å²) in [6.07, 6.45) is 1.85. The highest BCUT2D eigenvalue weighted by Gasteiger charge is 2.70. The van der Waals surface area contributed by atoms with Crippen LogP contribution in [0.4, 0.5) is 4.39 Å². The number of benzene rings is 1. The van der Waals surface area contributed by atoms with Gasteiger partial charge >= 0.3 is 5.97 Å². The first-order valence-electron chi connectivity index (χ1n) is 7.92. The Balaban J connectivity index is 1.41. The Morgan fingerprint density at radius 1 is 1.28 bits per heavy atom. The number of ether oxygens (including phenoxy) is 1. The van der Waals surface area contributed by atoms with Gasteiger partial charge in [0.1, 0.15) is 17.2 Å². The number of nitrogens with one attached hydrogen (secondary N) is 1. The maximum Gasteiger partial charge on any atom is 0.312 e. The van der Waals surface area contributed by atoms with Gasteiger partial charge in [-0.05, 0) is 18.2 Å². The standard InChI is InChI=1S/C18H16FNO5/c19-13-6-11(14-2-1-5-24-14)3-4-12(13)7-20-15(21)18-8-17(9-18,10-25-18)16(22)23/h1-6H,7-10H2,(H,20,21)(H,22,23). The topological polar surface area (TPSA) is 88.8 Å². The lowest BCUT2D eigenvalue weighted by atomic mass is 9.62. The molecule has 0 atom stereocenters. The number of halogens is 1. The van der Waals surface area contributed by atoms with Crippen molar-refractivity contribution in [3.63, 3.8) is 0 Å². The van der Waals surface area contributed by atoms with Crippen molar-refractivity contribution in [2.45, 2.75) is 25.0 Å². The normalized spacial score (nSPS) is 26.9. The number of aliphatic carboxylic acids is 1. The van der Waals surface area contributed by atoms with Crippen molar-refractivity contribution in [3.05, 3.63) is 48.0 Å². The molecule has 2 bridgehead atoms. The molecule has 7 heteroatoms. The molecule has 2 N–H and O–H groups in total. The fourth-order valence-electron chi connectivity index (χ4n) is 3.58. The molecule has 3 fully saturated rings. The Hall–Kier alpha value is -2.67. The van der Waals surface area contributed by atoms with E-state index in [1.165, 1.54) is 12.3 Å². The molecule has 5 rings (SSSR count). The van der Waals surface area contributed by atoms with Crippen LogP contribution in [0.1, 0.15) is 18.4 Å². The third-order valence-corrected chi connectivity index (χ3v) is 5.04. The summed E-state index contributed by atoms with van der Waals surface area (Å²) in [6, 6.07) is 8.11. The number of furan rings is 1. The van der Waals surface area contributed by atoms with E-state index in [-0.39, 0.29) is 26.0 Å². The number of carboxylic acids is 1. The summed E-state index contributed by atoms with van der Waals surface area (Å²) in [5.41, 5.74) is -1.07. The van der Waals surface area contributed by atoms with Gasteiger partial charge in [0.05, 0.1) is 18.3 Å². The zero-order valence-electron chi connectivity index (χ0n) is 13.3. The molecular weight excluding hydrogens is 329 g/mol. The van der Waals surface area contributed by atoms with Crippen LogP contribution in [0.3, 0.4) is 0 Å². The Bertz CT molecular complexity index is 839. The smallest absolute Gasteiger partial charge is 0.312 e. The van der Waals surface area contributed by atoms with E-state index in [4.69, 9.17) is 9.15 Å². The van der Waals surface area contributed by atoms with Gasteiger partial charge in [-0.25, -0.2) is 4.39 Å². The van der Waals surface area contributed by atoms with Crippen molar-refractivity contribution in [3.8, 4) is 11.3 Å². The first kappa shape index (κ1) is 15.8. The Morgan fingerprint density at radius 3 is 2.68 bits per heavy atom. The van der Waals surface area contributed by atoms with Gasteiger partial charge < -0.3 is 19.6 Å². The van der Waals surface area contributed by atoms with E-state index in [0.29, 0.717) is 16.9 Å². The van der Waals surface area contributed by atoms with Gasteiger partial charge in [-0.15, -0.1) is 0 Å². The minimum absolute atomic E-state index is 0.00822. The molecule has 1 aromatic heterocycles. The van der Waals surface area contributed by atoms with Gasteiger partial charge in [-0.2, -0.15) is 0 Å². The van der Waals surface area contributed by atoms with Gasteiger partial charge in [0, 0.05) is 30.5 Å². The van der Waals surface area contributed by atoms with Crippen molar-refractivity contribution in [1.29, 1.82) is 0 Å². The van der Waals surface area contributed by atoms with Gasteiger partial charge in [0.2, 0.25) is 0 Å². The van der Waals surface area contributed by atoms with Crippen molar-refractivity contribution >= 4 is 11.9 Å². The zero-order chi connectivity index (χ0) is 17.7. The summed E-state index contributed by atoms with van der Waals surface area (Å²) in [5, 5.41) is 11.8. The molecule has 2 aliphatic heterocycles. The van der Waals surface area contributed by atoms with Crippen LogP contribution in [-0.2, 0) is 20.9 Å². The molecule has 0 spiro atoms. The van der Waals surface area contributed by atoms with Crippen LogP contribution in [-0.4, -0.2) is 29.2 Å². The van der Waals surface area contributed by atoms with Gasteiger partial charge in [0.25, 0.3) is 5.91 Å². The minimum Gasteiger partial charge on any atom is -0.481 e. The number of fused-ring (bicyclic) bond motifs is 1. The second-order valence-corrected chi connectivity index (χ2v) is 6.69. The predicted octanol–water partition coefficient (Wildman–Crippen LogP) is 2.34. The fraction of sp³-hybridized carbons (Fsp3) is 0.333. The van der Waals surface area contributed by atoms with Gasteiger partial charge in [0.15, 0.2) is 0 Å². The van der Waals surface area contributed by atoms with Crippen molar-refractivity contribution in [2.24, 2.45) is 5.41 Å². The van der Waals surface area contributed by atoms with Crippen LogP contribution >= 0.6 is 0 Å². The zero-order valence-corrected chi connectivity index (χ0v) is 13.3. The monoisotopic (exact) mass is 345 g/mol. The lowest BCUT2D eigenvalue weighted by Crippen LogP contribution is -2.57. The summed E-state index contributed by atoms with van der Waals surface area (Å²) >= 11 is 0. The van der Waals surface area contributed by atoms with E-state index in [2.05, 4.69) is 5.32 Å². The number of carboxylic acid groups (broad SMARTS) is 1. The molecule has 2 saturated heterocycles. The molecule has 1 saturated carbocycles. The molecule has 0 unspecified atom stereocenters. The fourth-order valence-corrected chi connectivity index (χ4v) is 3.58. The van der Waals surface area contributed by atoms with E-state index < -0.39 is 28.7 Å². The number of hydrogen-bond donors (Lipinski definition) is 2. The SMILES string of the molecule is O=C(O)C12COC(C(=O)NCc3ccc(-c4ccco4)cc3F)(C1)C2. The third-order valence-electron chi connectivity index (χ3n) is 5.04. The number of carbonyl (C=O) groups is 2. The van der Waals surface area contributed by atoms with E-state index in [0.717, 1.165) is 0 Å². The highest BCUT2D eigenvalue weighted by molar-refractivity contribution is 5.92. The van der Waals surface area contributed by atoms with Crippen LogP contribution in [0.25, 0.3) is 11.3 Å². The first-order valence-corrected chi connectivity index (χ1v) is 7.92. The second kappa shape index (κ2) is 5.42. The van der Waals surface area contributed by atoms with Crippen LogP contribution < -0.4 is 5.32 Å². The van der Waals surface area contributed by atoms with Crippen molar-refractivity contribution in [2.75, 3.05) is 6.61 Å². The maximum absolute atomic E-state index is 14.2. The molecule has 1 amide bonds. The second-order valence-electron chi connectivity index (χ2n) is 6.69. The summed E-state index contributed by atoms with van der Waals surface area (Å²) in [7, 11) is 0. The average molecular weight is 345 g/mol. The molecule has 3 aliphatic rings. The van der Waals surface area contributed by atoms with Crippen LogP contribution in [0.15, 0.2) is 41.0 Å². The summed E-state index contributed by atoms with van der Waals surface area (Å²) in [6.45, 7) is 0.0518. The van der Waals surface area contributed by atoms with E-state index >= 15 is 0 Å². The molecule has 25 heavy (non-hydrogen) atoms. The summed E-state index contributed by atoms with van der Waals surface area (Å²) < 4.78 is 24.9. The van der Waals surface area contributed by atoms with Crippen molar-refractivity contribution < 1.29 is 28.2 Å². The third kappa shape index (κ3) is 2.42. The van der Waals surface area contributed by atoms with E-state index in [1.807, 2.05) is 0 Å². The Labute approximate surface area is 142 Å². The lowest BCUT2D eigenvalue weighted by molar-refractivity contribution is -0.158. The van der Waals surface area contributed by atoms with Crippen LogP contribution in [0, 0.1) is 11.2 Å². The molecule has 1 aliphatic carbocycles. The highest BCUT2D eigenvalue weighted by atomic mass is 19.1. The number of carbonyl (C=O) groups excluding carboxylic acids is 1. The van der Waals surface area contributed by atoms with Crippen molar-refractivity contribution in [1.82, 2.24) is 5.32 Å². The average Bonchev–Trinajstić information content (AvgIpc) is 3.27. The number of hydrogen-bond acceptors (Lipinski definition) is 4. The Morgan fingerprint density at radius 2 is 2.08 bits per heavy atom. The van der Waals surface area contributed by atoms with E-state index in [9.17, 15) is 19.1 Å². The number of amides is 1. The quantitative estimate of drug-likeness (QED) is 0.868. The predicted molar refractivity (Wildman–Crippen MR) is 83.9 cm³/mol. The van der Waals surface area contributed by atoms with Crippen LogP contribution in [0.5, 0.6) is 0 Å². The van der Waals surface area contributed by atoms with E-state index in [1.54, 1.807) is 24.3 Å². The lowest BCUT2D eigenvalue weighted by Gasteiger charge is -2.40. The van der Waals surface area contributed by atoms with Gasteiger partial charge in [-0.1, -0.05) is 12.1 Å². The van der Waals surface area contributed by atoms with Crippen LogP contribution in [0.2, 0.25) is 0 Å². The molecule has 130 valence electrons. The maximum atomic E-state index is 14.2. The highest BCUT2D eigenvalue weighted by Crippen LogP contribution is 2.58. The summed E-state index contributed by atoms with van der Waals surface area (Å²) in [5.74, 6) is -1.22. The molecular formula is C18H16FNO5. The number of rotatable bonds is 5. The Kier molecular flexibility index (Phi) is 3.43. The molecule has 0 radical (unpaired) electrons. The molecule has 2 aromatic rings. The molecule has 3 heterocycles. The minimum atomic E-state index is -1.08. The summed E-state index contributed by atoms with van der Waals surface area (Å²) in [4.78, 5) is 23.6.